The summed E-state index contributed by atoms with van der Waals surface area (Å²) in [7, 11) is 0. The van der Waals surface area contributed by atoms with Crippen molar-refractivity contribution in [1.29, 1.82) is 0 Å². The Balaban J connectivity index is 1.56. The molecule has 0 aromatic heterocycles. The molecule has 7 heteroatoms. The number of benzene rings is 3. The normalized spacial score (nSPS) is 17.9. The van der Waals surface area contributed by atoms with Crippen molar-refractivity contribution in [3.05, 3.63) is 77.4 Å². The number of ether oxygens (including phenoxy) is 2. The molecule has 1 fully saturated rings. The summed E-state index contributed by atoms with van der Waals surface area (Å²) < 4.78 is 78.5. The Labute approximate surface area is 220 Å². The van der Waals surface area contributed by atoms with Gasteiger partial charge in [-0.15, -0.1) is 13.2 Å². The zero-order valence-electron chi connectivity index (χ0n) is 21.7. The average Bonchev–Trinajstić information content (AvgIpc) is 2.87. The molecule has 38 heavy (non-hydrogen) atoms. The van der Waals surface area contributed by atoms with E-state index in [1.807, 2.05) is 0 Å². The molecule has 0 unspecified atom stereocenters. The van der Waals surface area contributed by atoms with Gasteiger partial charge in [0.25, 0.3) is 0 Å². The van der Waals surface area contributed by atoms with Gasteiger partial charge in [-0.05, 0) is 79.8 Å². The van der Waals surface area contributed by atoms with E-state index >= 15 is 8.78 Å². The number of hydrogen-bond acceptors (Lipinski definition) is 2. The molecule has 4 rings (SSSR count). The molecule has 0 aliphatic heterocycles. The van der Waals surface area contributed by atoms with E-state index in [0.717, 1.165) is 25.7 Å². The van der Waals surface area contributed by atoms with Gasteiger partial charge in [0.15, 0.2) is 11.6 Å². The van der Waals surface area contributed by atoms with Crippen LogP contribution in [0, 0.1) is 24.5 Å². The van der Waals surface area contributed by atoms with Gasteiger partial charge < -0.3 is 9.47 Å². The van der Waals surface area contributed by atoms with E-state index in [0.29, 0.717) is 28.4 Å². The molecule has 0 atom stereocenters. The third kappa shape index (κ3) is 6.86. The van der Waals surface area contributed by atoms with Gasteiger partial charge in [0.2, 0.25) is 0 Å². The smallest absolute Gasteiger partial charge is 0.453 e. The molecule has 0 spiro atoms. The molecule has 3 aromatic carbocycles. The number of halogens is 5. The van der Waals surface area contributed by atoms with Crippen molar-refractivity contribution in [3.8, 4) is 28.4 Å². The Kier molecular flexibility index (Phi) is 8.95. The number of alkyl halides is 3. The predicted molar refractivity (Wildman–Crippen MR) is 139 cm³/mol. The minimum atomic E-state index is -4.79. The van der Waals surface area contributed by atoms with E-state index in [1.165, 1.54) is 56.0 Å². The molecule has 0 heterocycles. The standard InChI is InChI=1S/C31H33F5O2/c1-3-4-5-8-21-11-13-23(14-12-21)28-26(32)19-20(2)30(29(28)33)37-27-10-7-6-9-25(27)22-15-17-24(18-16-22)38-31(34,35)36/h6-7,9-10,15-19,21,23H,3-5,8,11-14H2,1-2H3/t21-,23-. The number of para-hydroxylation sites is 1. The zero-order valence-corrected chi connectivity index (χ0v) is 21.7. The molecule has 1 saturated carbocycles. The monoisotopic (exact) mass is 532 g/mol. The van der Waals surface area contributed by atoms with Gasteiger partial charge in [-0.2, -0.15) is 0 Å². The molecule has 0 N–H and O–H groups in total. The Bertz CT molecular complexity index is 1210. The molecule has 0 radical (unpaired) electrons. The summed E-state index contributed by atoms with van der Waals surface area (Å²) in [5.41, 5.74) is 1.55. The third-order valence-corrected chi connectivity index (χ3v) is 7.36. The average molecular weight is 533 g/mol. The minimum absolute atomic E-state index is 0.0315. The van der Waals surface area contributed by atoms with Crippen LogP contribution in [-0.4, -0.2) is 6.36 Å². The quantitative estimate of drug-likeness (QED) is 0.202. The summed E-state index contributed by atoms with van der Waals surface area (Å²) in [6.07, 6.45) is 3.41. The van der Waals surface area contributed by atoms with Crippen LogP contribution < -0.4 is 9.47 Å². The highest BCUT2D eigenvalue weighted by Gasteiger charge is 2.31. The van der Waals surface area contributed by atoms with Crippen LogP contribution in [0.25, 0.3) is 11.1 Å². The molecular formula is C31H33F5O2. The molecule has 0 saturated heterocycles. The number of aryl methyl sites for hydroxylation is 1. The van der Waals surface area contributed by atoms with Crippen molar-refractivity contribution in [2.75, 3.05) is 0 Å². The lowest BCUT2D eigenvalue weighted by Crippen LogP contribution is -2.16. The van der Waals surface area contributed by atoms with Gasteiger partial charge in [-0.1, -0.05) is 62.9 Å². The second kappa shape index (κ2) is 12.2. The van der Waals surface area contributed by atoms with E-state index < -0.39 is 18.0 Å². The van der Waals surface area contributed by atoms with Gasteiger partial charge in [0, 0.05) is 11.1 Å². The predicted octanol–water partition coefficient (Wildman–Crippen LogP) is 10.5. The van der Waals surface area contributed by atoms with Crippen LogP contribution in [-0.2, 0) is 0 Å². The second-order valence-corrected chi connectivity index (χ2v) is 10.1. The molecule has 1 aliphatic rings. The van der Waals surface area contributed by atoms with Crippen LogP contribution >= 0.6 is 0 Å². The first-order chi connectivity index (χ1) is 18.2. The number of hydrogen-bond donors (Lipinski definition) is 0. The van der Waals surface area contributed by atoms with Crippen LogP contribution in [0.15, 0.2) is 54.6 Å². The van der Waals surface area contributed by atoms with Crippen molar-refractivity contribution >= 4 is 0 Å². The lowest BCUT2D eigenvalue weighted by molar-refractivity contribution is -0.274. The van der Waals surface area contributed by atoms with Gasteiger partial charge in [-0.25, -0.2) is 8.78 Å². The topological polar surface area (TPSA) is 18.5 Å². The minimum Gasteiger partial charge on any atom is -0.453 e. The Morgan fingerprint density at radius 1 is 0.895 bits per heavy atom. The van der Waals surface area contributed by atoms with E-state index in [4.69, 9.17) is 4.74 Å². The number of rotatable bonds is 9. The van der Waals surface area contributed by atoms with Crippen LogP contribution in [0.2, 0.25) is 0 Å². The fourth-order valence-electron chi connectivity index (χ4n) is 5.40. The summed E-state index contributed by atoms with van der Waals surface area (Å²) in [6, 6.07) is 13.5. The van der Waals surface area contributed by atoms with Crippen LogP contribution in [0.5, 0.6) is 17.2 Å². The first-order valence-electron chi connectivity index (χ1n) is 13.3. The van der Waals surface area contributed by atoms with E-state index in [9.17, 15) is 13.2 Å². The van der Waals surface area contributed by atoms with Crippen molar-refractivity contribution in [3.63, 3.8) is 0 Å². The summed E-state index contributed by atoms with van der Waals surface area (Å²) in [4.78, 5) is 0. The Morgan fingerprint density at radius 3 is 2.24 bits per heavy atom. The lowest BCUT2D eigenvalue weighted by atomic mass is 9.76. The first-order valence-corrected chi connectivity index (χ1v) is 13.3. The molecule has 3 aromatic rings. The molecule has 2 nitrogen and oxygen atoms in total. The highest BCUT2D eigenvalue weighted by atomic mass is 19.4. The first kappa shape index (κ1) is 27.9. The molecular weight excluding hydrogens is 499 g/mol. The summed E-state index contributed by atoms with van der Waals surface area (Å²) in [5, 5.41) is 0. The molecule has 0 bridgehead atoms. The van der Waals surface area contributed by atoms with E-state index in [2.05, 4.69) is 11.7 Å². The van der Waals surface area contributed by atoms with Crippen molar-refractivity contribution < 1.29 is 31.4 Å². The fraction of sp³-hybridized carbons (Fsp3) is 0.419. The van der Waals surface area contributed by atoms with Gasteiger partial charge in [0.05, 0.1) is 0 Å². The summed E-state index contributed by atoms with van der Waals surface area (Å²) in [6.45, 7) is 3.78. The van der Waals surface area contributed by atoms with Crippen LogP contribution in [0.1, 0.15) is 75.3 Å². The SMILES string of the molecule is CCCCC[C@H]1CC[C@H](c2c(F)cc(C)c(Oc3ccccc3-c3ccc(OC(F)(F)F)cc3)c2F)CC1. The van der Waals surface area contributed by atoms with E-state index in [1.54, 1.807) is 31.2 Å². The summed E-state index contributed by atoms with van der Waals surface area (Å²) >= 11 is 0. The molecule has 0 amide bonds. The maximum atomic E-state index is 15.9. The van der Waals surface area contributed by atoms with Gasteiger partial charge in [-0.3, -0.25) is 0 Å². The van der Waals surface area contributed by atoms with Crippen LogP contribution in [0.4, 0.5) is 22.0 Å². The van der Waals surface area contributed by atoms with E-state index in [-0.39, 0.29) is 23.0 Å². The third-order valence-electron chi connectivity index (χ3n) is 7.36. The Hall–Kier alpha value is -3.09. The Morgan fingerprint density at radius 2 is 1.58 bits per heavy atom. The molecule has 204 valence electrons. The van der Waals surface area contributed by atoms with Gasteiger partial charge >= 0.3 is 6.36 Å². The molecule has 1 aliphatic carbocycles. The maximum absolute atomic E-state index is 15.9. The highest BCUT2D eigenvalue weighted by Crippen LogP contribution is 2.44. The highest BCUT2D eigenvalue weighted by molar-refractivity contribution is 5.71. The van der Waals surface area contributed by atoms with Crippen molar-refractivity contribution in [1.82, 2.24) is 0 Å². The second-order valence-electron chi connectivity index (χ2n) is 10.1. The fourth-order valence-corrected chi connectivity index (χ4v) is 5.40. The lowest BCUT2D eigenvalue weighted by Gasteiger charge is -2.30. The zero-order chi connectivity index (χ0) is 27.3. The van der Waals surface area contributed by atoms with Crippen LogP contribution in [0.3, 0.4) is 0 Å². The maximum Gasteiger partial charge on any atom is 0.573 e. The summed E-state index contributed by atoms with van der Waals surface area (Å²) in [5.74, 6) is -0.866. The van der Waals surface area contributed by atoms with Crippen molar-refractivity contribution in [2.24, 2.45) is 5.92 Å². The number of unbranched alkanes of at least 4 members (excludes halogenated alkanes) is 2. The largest absolute Gasteiger partial charge is 0.573 e. The van der Waals surface area contributed by atoms with Crippen molar-refractivity contribution in [2.45, 2.75) is 77.5 Å². The van der Waals surface area contributed by atoms with Gasteiger partial charge in [0.1, 0.15) is 17.3 Å².